The maximum absolute atomic E-state index is 12.4. The van der Waals surface area contributed by atoms with Gasteiger partial charge in [0.05, 0.1) is 6.26 Å². The zero-order valence-corrected chi connectivity index (χ0v) is 17.4. The Morgan fingerprint density at radius 2 is 2.10 bits per heavy atom. The summed E-state index contributed by atoms with van der Waals surface area (Å²) in [6.07, 6.45) is 2.52. The van der Waals surface area contributed by atoms with E-state index in [1.165, 1.54) is 16.9 Å². The van der Waals surface area contributed by atoms with E-state index in [4.69, 9.17) is 4.42 Å². The predicted molar refractivity (Wildman–Crippen MR) is 115 cm³/mol. The average Bonchev–Trinajstić information content (AvgIpc) is 3.44. The van der Waals surface area contributed by atoms with Crippen molar-refractivity contribution in [1.82, 2.24) is 20.1 Å². The fourth-order valence-corrected chi connectivity index (χ4v) is 4.45. The van der Waals surface area contributed by atoms with Gasteiger partial charge < -0.3 is 14.6 Å². The summed E-state index contributed by atoms with van der Waals surface area (Å²) >= 11 is 1.42. The second-order valence-corrected chi connectivity index (χ2v) is 8.21. The van der Waals surface area contributed by atoms with Crippen LogP contribution in [-0.2, 0) is 0 Å². The molecule has 2 aromatic heterocycles. The van der Waals surface area contributed by atoms with Crippen LogP contribution in [0.25, 0.3) is 10.8 Å². The third-order valence-electron chi connectivity index (χ3n) is 5.26. The van der Waals surface area contributed by atoms with E-state index in [1.807, 2.05) is 12.1 Å². The predicted octanol–water partition coefficient (Wildman–Crippen LogP) is 3.51. The zero-order valence-electron chi connectivity index (χ0n) is 16.6. The van der Waals surface area contributed by atoms with Crippen molar-refractivity contribution in [3.63, 3.8) is 0 Å². The van der Waals surface area contributed by atoms with Gasteiger partial charge in [-0.15, -0.1) is 11.3 Å². The molecule has 3 heterocycles. The Bertz CT molecular complexity index is 910. The van der Waals surface area contributed by atoms with Gasteiger partial charge in [-0.05, 0) is 31.2 Å². The Balaban J connectivity index is 1.27. The monoisotopic (exact) mass is 410 g/mol. The molecule has 1 saturated heterocycles. The number of nitrogens with one attached hydrogen (secondary N) is 1. The van der Waals surface area contributed by atoms with Crippen LogP contribution in [0.1, 0.15) is 28.5 Å². The minimum absolute atomic E-state index is 0.128. The lowest BCUT2D eigenvalue weighted by Crippen LogP contribution is -2.47. The van der Waals surface area contributed by atoms with E-state index in [2.05, 4.69) is 57.5 Å². The number of amides is 1. The highest BCUT2D eigenvalue weighted by atomic mass is 32.1. The van der Waals surface area contributed by atoms with E-state index in [9.17, 15) is 4.79 Å². The molecule has 0 radical (unpaired) electrons. The van der Waals surface area contributed by atoms with Crippen molar-refractivity contribution in [1.29, 1.82) is 0 Å². The van der Waals surface area contributed by atoms with Crippen LogP contribution in [0.3, 0.4) is 0 Å². The fourth-order valence-electron chi connectivity index (χ4n) is 3.68. The molecule has 29 heavy (non-hydrogen) atoms. The van der Waals surface area contributed by atoms with E-state index in [0.717, 1.165) is 37.6 Å². The Kier molecular flexibility index (Phi) is 6.39. The summed E-state index contributed by atoms with van der Waals surface area (Å²) in [7, 11) is 2.18. The fraction of sp³-hybridized carbons (Fsp3) is 0.364. The van der Waals surface area contributed by atoms with Crippen molar-refractivity contribution >= 4 is 17.2 Å². The number of carbonyl (C=O) groups excluding carboxylic acids is 1. The minimum Gasteiger partial charge on any atom is -0.462 e. The Hall–Kier alpha value is -2.48. The van der Waals surface area contributed by atoms with Gasteiger partial charge in [-0.3, -0.25) is 9.69 Å². The third-order valence-corrected chi connectivity index (χ3v) is 6.11. The normalized spacial score (nSPS) is 18.0. The average molecular weight is 411 g/mol. The molecule has 1 aliphatic heterocycles. The van der Waals surface area contributed by atoms with Crippen molar-refractivity contribution in [2.45, 2.75) is 12.5 Å². The first-order valence-electron chi connectivity index (χ1n) is 9.96. The summed E-state index contributed by atoms with van der Waals surface area (Å²) in [5.74, 6) is 0.563. The summed E-state index contributed by atoms with van der Waals surface area (Å²) in [5.41, 5.74) is 1.80. The van der Waals surface area contributed by atoms with Crippen molar-refractivity contribution in [2.75, 3.05) is 39.8 Å². The Morgan fingerprint density at radius 1 is 1.24 bits per heavy atom. The van der Waals surface area contributed by atoms with Gasteiger partial charge in [-0.1, -0.05) is 30.3 Å². The first-order valence-corrected chi connectivity index (χ1v) is 10.8. The van der Waals surface area contributed by atoms with Gasteiger partial charge in [0.1, 0.15) is 5.69 Å². The number of furan rings is 1. The van der Waals surface area contributed by atoms with Crippen LogP contribution in [0.2, 0.25) is 0 Å². The molecule has 0 bridgehead atoms. The van der Waals surface area contributed by atoms with Crippen LogP contribution < -0.4 is 5.32 Å². The SMILES string of the molecule is CN1CCN(CCCNC(=O)c2csc(-c3ccco3)n2)C(c2ccccc2)C1. The lowest BCUT2D eigenvalue weighted by atomic mass is 10.0. The third kappa shape index (κ3) is 4.93. The summed E-state index contributed by atoms with van der Waals surface area (Å²) < 4.78 is 5.34. The maximum atomic E-state index is 12.4. The molecule has 1 N–H and O–H groups in total. The number of hydrogen-bond acceptors (Lipinski definition) is 6. The van der Waals surface area contributed by atoms with E-state index in [-0.39, 0.29) is 5.91 Å². The van der Waals surface area contributed by atoms with Gasteiger partial charge in [0.2, 0.25) is 0 Å². The molecule has 1 fully saturated rings. The number of thiazole rings is 1. The quantitative estimate of drug-likeness (QED) is 0.604. The first-order chi connectivity index (χ1) is 14.2. The molecule has 1 aromatic carbocycles. The van der Waals surface area contributed by atoms with E-state index in [1.54, 1.807) is 11.6 Å². The van der Waals surface area contributed by atoms with Crippen LogP contribution in [0.4, 0.5) is 0 Å². The minimum atomic E-state index is -0.128. The molecule has 1 unspecified atom stereocenters. The van der Waals surface area contributed by atoms with Gasteiger partial charge >= 0.3 is 0 Å². The molecule has 7 heteroatoms. The molecule has 0 saturated carbocycles. The molecule has 1 atom stereocenters. The Labute approximate surface area is 175 Å². The molecule has 1 aliphatic rings. The van der Waals surface area contributed by atoms with Crippen molar-refractivity contribution in [2.24, 2.45) is 0 Å². The summed E-state index contributed by atoms with van der Waals surface area (Å²) in [6.45, 7) is 4.75. The first kappa shape index (κ1) is 19.8. The van der Waals surface area contributed by atoms with Crippen LogP contribution in [-0.4, -0.2) is 60.5 Å². The highest BCUT2D eigenvalue weighted by molar-refractivity contribution is 7.13. The molecule has 6 nitrogen and oxygen atoms in total. The van der Waals surface area contributed by atoms with Gasteiger partial charge in [-0.25, -0.2) is 4.98 Å². The molecule has 152 valence electrons. The topological polar surface area (TPSA) is 61.6 Å². The van der Waals surface area contributed by atoms with Gasteiger partial charge in [0.25, 0.3) is 5.91 Å². The number of nitrogens with zero attached hydrogens (tertiary/aromatic N) is 3. The van der Waals surface area contributed by atoms with Crippen LogP contribution in [0.15, 0.2) is 58.5 Å². The number of aromatic nitrogens is 1. The molecule has 0 aliphatic carbocycles. The summed E-state index contributed by atoms with van der Waals surface area (Å²) in [4.78, 5) is 21.7. The molecular weight excluding hydrogens is 384 g/mol. The second kappa shape index (κ2) is 9.35. The molecular formula is C22H26N4O2S. The largest absolute Gasteiger partial charge is 0.462 e. The maximum Gasteiger partial charge on any atom is 0.270 e. The highest BCUT2D eigenvalue weighted by Crippen LogP contribution is 2.25. The Morgan fingerprint density at radius 3 is 2.90 bits per heavy atom. The lowest BCUT2D eigenvalue weighted by molar-refractivity contribution is 0.0864. The summed E-state index contributed by atoms with van der Waals surface area (Å²) in [5, 5.41) is 5.50. The zero-order chi connectivity index (χ0) is 20.1. The molecule has 4 rings (SSSR count). The van der Waals surface area contributed by atoms with Gasteiger partial charge in [0, 0.05) is 44.1 Å². The van der Waals surface area contributed by atoms with Gasteiger partial charge in [0.15, 0.2) is 10.8 Å². The molecule has 3 aromatic rings. The van der Waals surface area contributed by atoms with E-state index < -0.39 is 0 Å². The standard InChI is InChI=1S/C22H26N4O2S/c1-25-12-13-26(19(15-25)17-7-3-2-4-8-17)11-6-10-23-21(27)18-16-29-22(24-18)20-9-5-14-28-20/h2-5,7-9,14,16,19H,6,10-13,15H2,1H3,(H,23,27). The highest BCUT2D eigenvalue weighted by Gasteiger charge is 2.26. The van der Waals surface area contributed by atoms with E-state index >= 15 is 0 Å². The van der Waals surface area contributed by atoms with Crippen molar-refractivity contribution in [3.05, 3.63) is 65.4 Å². The van der Waals surface area contributed by atoms with Crippen molar-refractivity contribution in [3.8, 4) is 10.8 Å². The van der Waals surface area contributed by atoms with Gasteiger partial charge in [-0.2, -0.15) is 0 Å². The van der Waals surface area contributed by atoms with Crippen molar-refractivity contribution < 1.29 is 9.21 Å². The molecule has 0 spiro atoms. The lowest BCUT2D eigenvalue weighted by Gasteiger charge is -2.40. The summed E-state index contributed by atoms with van der Waals surface area (Å²) in [6, 6.07) is 14.7. The van der Waals surface area contributed by atoms with Crippen LogP contribution in [0.5, 0.6) is 0 Å². The number of hydrogen-bond donors (Lipinski definition) is 1. The number of rotatable bonds is 7. The number of piperazine rings is 1. The van der Waals surface area contributed by atoms with Crippen LogP contribution in [0, 0.1) is 0 Å². The number of carbonyl (C=O) groups is 1. The smallest absolute Gasteiger partial charge is 0.270 e. The second-order valence-electron chi connectivity index (χ2n) is 7.35. The number of benzene rings is 1. The van der Waals surface area contributed by atoms with E-state index in [0.29, 0.717) is 24.0 Å². The molecule has 1 amide bonds. The van der Waals surface area contributed by atoms with Crippen LogP contribution >= 0.6 is 11.3 Å². The number of likely N-dealkylation sites (N-methyl/N-ethyl adjacent to an activating group) is 1.